The molecule has 1 fully saturated rings. The third-order valence-electron chi connectivity index (χ3n) is 3.50. The Morgan fingerprint density at radius 2 is 2.00 bits per heavy atom. The molecule has 0 aliphatic carbocycles. The molecule has 1 unspecified atom stereocenters. The SMILES string of the molecule is CC(C)c1ccc(S(=O)(=O)N2CCNCC2C#N)cc1. The lowest BCUT2D eigenvalue weighted by Gasteiger charge is -2.30. The highest BCUT2D eigenvalue weighted by Gasteiger charge is 2.33. The second-order valence-corrected chi connectivity index (χ2v) is 7.08. The first kappa shape index (κ1) is 15.0. The van der Waals surface area contributed by atoms with E-state index in [0.29, 0.717) is 25.6 Å². The zero-order valence-corrected chi connectivity index (χ0v) is 12.5. The molecule has 1 aliphatic rings. The Hall–Kier alpha value is -1.42. The van der Waals surface area contributed by atoms with E-state index in [1.807, 2.05) is 18.2 Å². The first-order chi connectivity index (χ1) is 9.46. The van der Waals surface area contributed by atoms with Crippen LogP contribution in [0.4, 0.5) is 0 Å². The molecule has 1 N–H and O–H groups in total. The van der Waals surface area contributed by atoms with Crippen molar-refractivity contribution in [1.29, 1.82) is 5.26 Å². The summed E-state index contributed by atoms with van der Waals surface area (Å²) in [6.07, 6.45) is 0. The van der Waals surface area contributed by atoms with Crippen LogP contribution in [0.3, 0.4) is 0 Å². The summed E-state index contributed by atoms with van der Waals surface area (Å²) in [6, 6.07) is 8.32. The van der Waals surface area contributed by atoms with Crippen LogP contribution in [0, 0.1) is 11.3 Å². The fourth-order valence-corrected chi connectivity index (χ4v) is 3.78. The van der Waals surface area contributed by atoms with E-state index in [9.17, 15) is 8.42 Å². The van der Waals surface area contributed by atoms with E-state index in [1.165, 1.54) is 4.31 Å². The summed E-state index contributed by atoms with van der Waals surface area (Å²) in [4.78, 5) is 0.254. The summed E-state index contributed by atoms with van der Waals surface area (Å²) in [5, 5.41) is 12.1. The van der Waals surface area contributed by atoms with Crippen LogP contribution in [0.25, 0.3) is 0 Å². The highest BCUT2D eigenvalue weighted by Crippen LogP contribution is 2.22. The van der Waals surface area contributed by atoms with Crippen LogP contribution < -0.4 is 5.32 Å². The maximum atomic E-state index is 12.6. The first-order valence-corrected chi connectivity index (χ1v) is 8.13. The van der Waals surface area contributed by atoms with Gasteiger partial charge in [0, 0.05) is 19.6 Å². The minimum atomic E-state index is -3.59. The largest absolute Gasteiger partial charge is 0.313 e. The number of piperazine rings is 1. The van der Waals surface area contributed by atoms with Crippen molar-refractivity contribution in [3.05, 3.63) is 29.8 Å². The Kier molecular flexibility index (Phi) is 4.43. The van der Waals surface area contributed by atoms with E-state index in [4.69, 9.17) is 5.26 Å². The van der Waals surface area contributed by atoms with Gasteiger partial charge in [-0.3, -0.25) is 0 Å². The van der Waals surface area contributed by atoms with E-state index in [2.05, 4.69) is 19.2 Å². The molecule has 5 nitrogen and oxygen atoms in total. The van der Waals surface area contributed by atoms with Gasteiger partial charge in [-0.25, -0.2) is 8.42 Å². The fraction of sp³-hybridized carbons (Fsp3) is 0.500. The highest BCUT2D eigenvalue weighted by atomic mass is 32.2. The van der Waals surface area contributed by atoms with Crippen molar-refractivity contribution in [1.82, 2.24) is 9.62 Å². The minimum Gasteiger partial charge on any atom is -0.313 e. The zero-order valence-electron chi connectivity index (χ0n) is 11.7. The van der Waals surface area contributed by atoms with E-state index < -0.39 is 16.1 Å². The van der Waals surface area contributed by atoms with Crippen LogP contribution in [0.15, 0.2) is 29.2 Å². The van der Waals surface area contributed by atoms with Crippen molar-refractivity contribution in [2.75, 3.05) is 19.6 Å². The predicted octanol–water partition coefficient (Wildman–Crippen LogP) is 1.30. The van der Waals surface area contributed by atoms with Gasteiger partial charge < -0.3 is 5.32 Å². The van der Waals surface area contributed by atoms with E-state index in [0.717, 1.165) is 5.56 Å². The molecule has 2 rings (SSSR count). The molecular weight excluding hydrogens is 274 g/mol. The molecule has 6 heteroatoms. The lowest BCUT2D eigenvalue weighted by atomic mass is 10.0. The van der Waals surface area contributed by atoms with Crippen molar-refractivity contribution in [3.8, 4) is 6.07 Å². The number of sulfonamides is 1. The van der Waals surface area contributed by atoms with Crippen molar-refractivity contribution in [3.63, 3.8) is 0 Å². The normalized spacial score (nSPS) is 20.8. The number of rotatable bonds is 3. The molecule has 1 aromatic carbocycles. The molecule has 0 radical (unpaired) electrons. The van der Waals surface area contributed by atoms with Crippen molar-refractivity contribution >= 4 is 10.0 Å². The highest BCUT2D eigenvalue weighted by molar-refractivity contribution is 7.89. The summed E-state index contributed by atoms with van der Waals surface area (Å²) in [6.45, 7) is 5.39. The number of nitrogens with zero attached hydrogens (tertiary/aromatic N) is 2. The molecule has 0 saturated carbocycles. The molecule has 1 aromatic rings. The maximum Gasteiger partial charge on any atom is 0.244 e. The summed E-state index contributed by atoms with van der Waals surface area (Å²) in [5.41, 5.74) is 1.10. The average molecular weight is 293 g/mol. The van der Waals surface area contributed by atoms with Gasteiger partial charge in [-0.05, 0) is 23.6 Å². The fourth-order valence-electron chi connectivity index (χ4n) is 2.24. The smallest absolute Gasteiger partial charge is 0.244 e. The van der Waals surface area contributed by atoms with Crippen molar-refractivity contribution in [2.45, 2.75) is 30.7 Å². The Labute approximate surface area is 120 Å². The lowest BCUT2D eigenvalue weighted by Crippen LogP contribution is -2.52. The summed E-state index contributed by atoms with van der Waals surface area (Å²) < 4.78 is 26.5. The van der Waals surface area contributed by atoms with Crippen LogP contribution >= 0.6 is 0 Å². The van der Waals surface area contributed by atoms with Crippen LogP contribution in [0.1, 0.15) is 25.3 Å². The monoisotopic (exact) mass is 293 g/mol. The quantitative estimate of drug-likeness (QED) is 0.911. The molecular formula is C14H19N3O2S. The van der Waals surface area contributed by atoms with E-state index in [1.54, 1.807) is 12.1 Å². The van der Waals surface area contributed by atoms with Crippen LogP contribution in [-0.4, -0.2) is 38.4 Å². The molecule has 1 heterocycles. The minimum absolute atomic E-state index is 0.254. The molecule has 108 valence electrons. The molecule has 0 aromatic heterocycles. The second kappa shape index (κ2) is 5.92. The average Bonchev–Trinajstić information content (AvgIpc) is 2.47. The Bertz CT molecular complexity index is 602. The number of nitriles is 1. The van der Waals surface area contributed by atoms with Crippen LogP contribution in [0.5, 0.6) is 0 Å². The summed E-state index contributed by atoms with van der Waals surface area (Å²) in [7, 11) is -3.59. The number of hydrogen-bond donors (Lipinski definition) is 1. The van der Waals surface area contributed by atoms with Gasteiger partial charge in [-0.1, -0.05) is 26.0 Å². The van der Waals surface area contributed by atoms with Gasteiger partial charge in [0.1, 0.15) is 6.04 Å². The molecule has 0 amide bonds. The van der Waals surface area contributed by atoms with Crippen molar-refractivity contribution < 1.29 is 8.42 Å². The van der Waals surface area contributed by atoms with Crippen LogP contribution in [0.2, 0.25) is 0 Å². The van der Waals surface area contributed by atoms with Gasteiger partial charge in [0.25, 0.3) is 0 Å². The maximum absolute atomic E-state index is 12.6. The Morgan fingerprint density at radius 3 is 2.55 bits per heavy atom. The molecule has 0 bridgehead atoms. The van der Waals surface area contributed by atoms with Crippen LogP contribution in [-0.2, 0) is 10.0 Å². The molecule has 1 atom stereocenters. The number of benzene rings is 1. The summed E-state index contributed by atoms with van der Waals surface area (Å²) >= 11 is 0. The Balaban J connectivity index is 2.32. The van der Waals surface area contributed by atoms with Gasteiger partial charge >= 0.3 is 0 Å². The third kappa shape index (κ3) is 2.85. The van der Waals surface area contributed by atoms with Crippen molar-refractivity contribution in [2.24, 2.45) is 0 Å². The number of hydrogen-bond acceptors (Lipinski definition) is 4. The van der Waals surface area contributed by atoms with Gasteiger partial charge in [-0.2, -0.15) is 9.57 Å². The first-order valence-electron chi connectivity index (χ1n) is 6.69. The standard InChI is InChI=1S/C14H19N3O2S/c1-11(2)12-3-5-14(6-4-12)20(18,19)17-8-7-16-10-13(17)9-15/h3-6,11,13,16H,7-8,10H2,1-2H3. The topological polar surface area (TPSA) is 73.2 Å². The van der Waals surface area contributed by atoms with E-state index >= 15 is 0 Å². The molecule has 1 saturated heterocycles. The van der Waals surface area contributed by atoms with Gasteiger partial charge in [-0.15, -0.1) is 0 Å². The Morgan fingerprint density at radius 1 is 1.35 bits per heavy atom. The second-order valence-electron chi connectivity index (χ2n) is 5.19. The predicted molar refractivity (Wildman–Crippen MR) is 76.7 cm³/mol. The van der Waals surface area contributed by atoms with Gasteiger partial charge in [0.05, 0.1) is 11.0 Å². The molecule has 0 spiro atoms. The zero-order chi connectivity index (χ0) is 14.8. The lowest BCUT2D eigenvalue weighted by molar-refractivity contribution is 0.312. The summed E-state index contributed by atoms with van der Waals surface area (Å²) in [5.74, 6) is 0.359. The van der Waals surface area contributed by atoms with E-state index in [-0.39, 0.29) is 4.90 Å². The molecule has 20 heavy (non-hydrogen) atoms. The number of nitrogens with one attached hydrogen (secondary N) is 1. The van der Waals surface area contributed by atoms with Gasteiger partial charge in [0.2, 0.25) is 10.0 Å². The molecule has 1 aliphatic heterocycles. The third-order valence-corrected chi connectivity index (χ3v) is 5.42. The van der Waals surface area contributed by atoms with Gasteiger partial charge in [0.15, 0.2) is 0 Å².